The van der Waals surface area contributed by atoms with Gasteiger partial charge in [0.15, 0.2) is 0 Å². The minimum Gasteiger partial charge on any atom is -0.396 e. The van der Waals surface area contributed by atoms with E-state index in [-0.39, 0.29) is 24.0 Å². The van der Waals surface area contributed by atoms with E-state index in [1.807, 2.05) is 6.92 Å². The van der Waals surface area contributed by atoms with Crippen LogP contribution in [0, 0.1) is 16.0 Å². The molecule has 0 aliphatic heterocycles. The van der Waals surface area contributed by atoms with Gasteiger partial charge in [-0.3, -0.25) is 10.1 Å². The summed E-state index contributed by atoms with van der Waals surface area (Å²) in [6.07, 6.45) is 2.33. The quantitative estimate of drug-likeness (QED) is 0.468. The predicted molar refractivity (Wildman–Crippen MR) is 42.0 cm³/mol. The highest BCUT2D eigenvalue weighted by Gasteiger charge is 2.12. The second-order valence-electron chi connectivity index (χ2n) is 2.68. The van der Waals surface area contributed by atoms with Crippen LogP contribution in [0.2, 0.25) is 0 Å². The summed E-state index contributed by atoms with van der Waals surface area (Å²) < 4.78 is 0. The molecule has 4 heteroatoms. The maximum atomic E-state index is 10.1. The molecule has 0 aliphatic rings. The molecule has 1 atom stereocenters. The molecule has 0 aliphatic carbocycles. The van der Waals surface area contributed by atoms with Crippen molar-refractivity contribution in [1.29, 1.82) is 0 Å². The first kappa shape index (κ1) is 10.4. The van der Waals surface area contributed by atoms with Crippen molar-refractivity contribution in [3.63, 3.8) is 0 Å². The molecule has 0 saturated heterocycles. The van der Waals surface area contributed by atoms with Gasteiger partial charge in [-0.15, -0.1) is 0 Å². The average molecular weight is 161 g/mol. The first-order valence-electron chi connectivity index (χ1n) is 3.93. The molecule has 0 rings (SSSR count). The number of hydrogen-bond acceptors (Lipinski definition) is 3. The standard InChI is InChI=1S/C7H15NO3/c1-2-3-7(4-5-9)6-8(10)11/h7,9H,2-6H2,1H3/t7-/m0/s1. The van der Waals surface area contributed by atoms with Crippen LogP contribution in [0.1, 0.15) is 26.2 Å². The average Bonchev–Trinajstić information content (AvgIpc) is 1.87. The third-order valence-corrected chi connectivity index (χ3v) is 1.64. The zero-order valence-electron chi connectivity index (χ0n) is 6.82. The highest BCUT2D eigenvalue weighted by Crippen LogP contribution is 2.10. The molecule has 0 aromatic carbocycles. The van der Waals surface area contributed by atoms with E-state index in [1.165, 1.54) is 0 Å². The Morgan fingerprint density at radius 1 is 1.55 bits per heavy atom. The van der Waals surface area contributed by atoms with Crippen LogP contribution >= 0.6 is 0 Å². The van der Waals surface area contributed by atoms with E-state index in [0.29, 0.717) is 6.42 Å². The van der Waals surface area contributed by atoms with Crippen LogP contribution < -0.4 is 0 Å². The van der Waals surface area contributed by atoms with Gasteiger partial charge < -0.3 is 5.11 Å². The number of aliphatic hydroxyl groups is 1. The second-order valence-corrected chi connectivity index (χ2v) is 2.68. The molecule has 11 heavy (non-hydrogen) atoms. The van der Waals surface area contributed by atoms with Gasteiger partial charge in [0.1, 0.15) is 0 Å². The lowest BCUT2D eigenvalue weighted by atomic mass is 10.0. The molecule has 0 saturated carbocycles. The molecule has 0 heterocycles. The number of hydrogen-bond donors (Lipinski definition) is 1. The summed E-state index contributed by atoms with van der Waals surface area (Å²) >= 11 is 0. The van der Waals surface area contributed by atoms with Crippen molar-refractivity contribution in [3.05, 3.63) is 10.1 Å². The van der Waals surface area contributed by atoms with Gasteiger partial charge in [-0.1, -0.05) is 13.3 Å². The fourth-order valence-corrected chi connectivity index (χ4v) is 1.13. The summed E-state index contributed by atoms with van der Waals surface area (Å²) in [5, 5.41) is 18.6. The lowest BCUT2D eigenvalue weighted by Crippen LogP contribution is -2.15. The van der Waals surface area contributed by atoms with E-state index >= 15 is 0 Å². The van der Waals surface area contributed by atoms with Crippen molar-refractivity contribution in [2.75, 3.05) is 13.2 Å². The number of nitrogens with zero attached hydrogens (tertiary/aromatic N) is 1. The molecule has 1 N–H and O–H groups in total. The lowest BCUT2D eigenvalue weighted by Gasteiger charge is -2.08. The Morgan fingerprint density at radius 3 is 2.55 bits per heavy atom. The van der Waals surface area contributed by atoms with Crippen LogP contribution in [0.3, 0.4) is 0 Å². The van der Waals surface area contributed by atoms with Gasteiger partial charge in [0.05, 0.1) is 0 Å². The Balaban J connectivity index is 3.59. The highest BCUT2D eigenvalue weighted by atomic mass is 16.6. The maximum absolute atomic E-state index is 10.1. The van der Waals surface area contributed by atoms with Gasteiger partial charge >= 0.3 is 0 Å². The summed E-state index contributed by atoms with van der Waals surface area (Å²) in [6.45, 7) is 2.04. The topological polar surface area (TPSA) is 63.4 Å². The fraction of sp³-hybridized carbons (Fsp3) is 1.00. The summed E-state index contributed by atoms with van der Waals surface area (Å²) in [5.74, 6) is 0.0556. The van der Waals surface area contributed by atoms with Crippen LogP contribution in [-0.2, 0) is 0 Å². The van der Waals surface area contributed by atoms with Crippen molar-refractivity contribution in [3.8, 4) is 0 Å². The highest BCUT2D eigenvalue weighted by molar-refractivity contribution is 4.55. The summed E-state index contributed by atoms with van der Waals surface area (Å²) in [6, 6.07) is 0. The molecule has 0 radical (unpaired) electrons. The van der Waals surface area contributed by atoms with E-state index in [4.69, 9.17) is 5.11 Å². The van der Waals surface area contributed by atoms with Crippen molar-refractivity contribution >= 4 is 0 Å². The molecule has 0 spiro atoms. The molecule has 0 aromatic rings. The molecule has 0 aromatic heterocycles. The molecule has 0 fully saturated rings. The third kappa shape index (κ3) is 5.79. The zero-order chi connectivity index (χ0) is 8.69. The van der Waals surface area contributed by atoms with Gasteiger partial charge in [-0.25, -0.2) is 0 Å². The molecule has 0 amide bonds. The Bertz CT molecular complexity index is 110. The van der Waals surface area contributed by atoms with E-state index in [9.17, 15) is 10.1 Å². The second kappa shape index (κ2) is 6.09. The normalized spacial score (nSPS) is 12.9. The Kier molecular flexibility index (Phi) is 5.74. The van der Waals surface area contributed by atoms with E-state index < -0.39 is 0 Å². The van der Waals surface area contributed by atoms with E-state index in [1.54, 1.807) is 0 Å². The van der Waals surface area contributed by atoms with Crippen LogP contribution in [-0.4, -0.2) is 23.2 Å². The van der Waals surface area contributed by atoms with Gasteiger partial charge in [0, 0.05) is 17.4 Å². The minimum absolute atomic E-state index is 0.00556. The smallest absolute Gasteiger partial charge is 0.206 e. The van der Waals surface area contributed by atoms with Gasteiger partial charge in [0.25, 0.3) is 0 Å². The molecule has 0 unspecified atom stereocenters. The molecular formula is C7H15NO3. The fourth-order valence-electron chi connectivity index (χ4n) is 1.13. The van der Waals surface area contributed by atoms with Crippen molar-refractivity contribution in [1.82, 2.24) is 0 Å². The lowest BCUT2D eigenvalue weighted by molar-refractivity contribution is -0.488. The molecule has 66 valence electrons. The van der Waals surface area contributed by atoms with Crippen molar-refractivity contribution in [2.45, 2.75) is 26.2 Å². The van der Waals surface area contributed by atoms with Gasteiger partial charge in [-0.05, 0) is 12.8 Å². The number of aliphatic hydroxyl groups excluding tert-OH is 1. The SMILES string of the molecule is CCC[C@@H](CCO)C[N+](=O)[O-]. The van der Waals surface area contributed by atoms with Crippen LogP contribution in [0.5, 0.6) is 0 Å². The first-order chi connectivity index (χ1) is 5.20. The largest absolute Gasteiger partial charge is 0.396 e. The zero-order valence-corrected chi connectivity index (χ0v) is 6.82. The van der Waals surface area contributed by atoms with Crippen LogP contribution in [0.4, 0.5) is 0 Å². The molecule has 0 bridgehead atoms. The summed E-state index contributed by atoms with van der Waals surface area (Å²) in [5.41, 5.74) is 0. The predicted octanol–water partition coefficient (Wildman–Crippen LogP) is 1.06. The molecular weight excluding hydrogens is 146 g/mol. The number of rotatable bonds is 6. The Hall–Kier alpha value is -0.640. The Labute approximate surface area is 66.4 Å². The van der Waals surface area contributed by atoms with Crippen molar-refractivity contribution < 1.29 is 10.0 Å². The number of nitro groups is 1. The van der Waals surface area contributed by atoms with Gasteiger partial charge in [0.2, 0.25) is 6.54 Å². The van der Waals surface area contributed by atoms with Gasteiger partial charge in [-0.2, -0.15) is 0 Å². The Morgan fingerprint density at radius 2 is 2.18 bits per heavy atom. The summed E-state index contributed by atoms with van der Waals surface area (Å²) in [7, 11) is 0. The van der Waals surface area contributed by atoms with Crippen LogP contribution in [0.15, 0.2) is 0 Å². The van der Waals surface area contributed by atoms with E-state index in [0.717, 1.165) is 12.8 Å². The van der Waals surface area contributed by atoms with Crippen LogP contribution in [0.25, 0.3) is 0 Å². The maximum Gasteiger partial charge on any atom is 0.206 e. The first-order valence-corrected chi connectivity index (χ1v) is 3.93. The van der Waals surface area contributed by atoms with E-state index in [2.05, 4.69) is 0 Å². The monoisotopic (exact) mass is 161 g/mol. The summed E-state index contributed by atoms with van der Waals surface area (Å²) in [4.78, 5) is 9.77. The third-order valence-electron chi connectivity index (χ3n) is 1.64. The van der Waals surface area contributed by atoms with Crippen molar-refractivity contribution in [2.24, 2.45) is 5.92 Å². The minimum atomic E-state index is -0.310. The molecule has 4 nitrogen and oxygen atoms in total.